The van der Waals surface area contributed by atoms with Gasteiger partial charge < -0.3 is 11.1 Å². The Labute approximate surface area is 133 Å². The third-order valence-electron chi connectivity index (χ3n) is 3.09. The molecule has 0 aliphatic rings. The predicted molar refractivity (Wildman–Crippen MR) is 93.8 cm³/mol. The SMILES string of the molecule is CC(C)c1cccc(Nc2ccc(C(N)=S)cc2Br)c1. The highest BCUT2D eigenvalue weighted by atomic mass is 79.9. The van der Waals surface area contributed by atoms with Gasteiger partial charge in [0.1, 0.15) is 4.99 Å². The van der Waals surface area contributed by atoms with E-state index in [1.165, 1.54) is 5.56 Å². The van der Waals surface area contributed by atoms with E-state index in [2.05, 4.69) is 59.4 Å². The first-order chi connectivity index (χ1) is 9.47. The summed E-state index contributed by atoms with van der Waals surface area (Å²) >= 11 is 8.52. The maximum absolute atomic E-state index is 5.63. The van der Waals surface area contributed by atoms with E-state index >= 15 is 0 Å². The Hall–Kier alpha value is -1.39. The van der Waals surface area contributed by atoms with E-state index in [0.717, 1.165) is 21.4 Å². The van der Waals surface area contributed by atoms with E-state index in [0.29, 0.717) is 10.9 Å². The maximum Gasteiger partial charge on any atom is 0.104 e. The Balaban J connectivity index is 2.26. The fraction of sp³-hybridized carbons (Fsp3) is 0.188. The highest BCUT2D eigenvalue weighted by Crippen LogP contribution is 2.28. The van der Waals surface area contributed by atoms with Crippen LogP contribution >= 0.6 is 28.1 Å². The first-order valence-corrected chi connectivity index (χ1v) is 7.64. The molecule has 0 saturated carbocycles. The molecule has 0 heterocycles. The average Bonchev–Trinajstić information content (AvgIpc) is 2.41. The second kappa shape index (κ2) is 6.37. The molecule has 0 spiro atoms. The van der Waals surface area contributed by atoms with Crippen molar-refractivity contribution in [2.45, 2.75) is 19.8 Å². The van der Waals surface area contributed by atoms with Gasteiger partial charge in [-0.3, -0.25) is 0 Å². The van der Waals surface area contributed by atoms with E-state index in [-0.39, 0.29) is 0 Å². The van der Waals surface area contributed by atoms with Gasteiger partial charge in [0.05, 0.1) is 5.69 Å². The minimum Gasteiger partial charge on any atom is -0.389 e. The molecule has 0 unspecified atom stereocenters. The number of thiocarbonyl (C=S) groups is 1. The van der Waals surface area contributed by atoms with Gasteiger partial charge in [0.25, 0.3) is 0 Å². The number of nitrogens with one attached hydrogen (secondary N) is 1. The van der Waals surface area contributed by atoms with Crippen molar-refractivity contribution in [2.75, 3.05) is 5.32 Å². The van der Waals surface area contributed by atoms with Crippen LogP contribution in [0.3, 0.4) is 0 Å². The first kappa shape index (κ1) is 15.0. The zero-order valence-electron chi connectivity index (χ0n) is 11.5. The van der Waals surface area contributed by atoms with Crippen LogP contribution in [0.1, 0.15) is 30.9 Å². The topological polar surface area (TPSA) is 38.0 Å². The lowest BCUT2D eigenvalue weighted by Crippen LogP contribution is -2.09. The van der Waals surface area contributed by atoms with Crippen LogP contribution in [0.2, 0.25) is 0 Å². The summed E-state index contributed by atoms with van der Waals surface area (Å²) in [6, 6.07) is 14.2. The molecule has 0 aliphatic heterocycles. The number of rotatable bonds is 4. The molecule has 0 atom stereocenters. The van der Waals surface area contributed by atoms with Gasteiger partial charge >= 0.3 is 0 Å². The van der Waals surface area contributed by atoms with E-state index in [1.54, 1.807) is 0 Å². The fourth-order valence-corrected chi connectivity index (χ4v) is 2.51. The summed E-state index contributed by atoms with van der Waals surface area (Å²) in [5.74, 6) is 0.511. The van der Waals surface area contributed by atoms with E-state index in [4.69, 9.17) is 18.0 Å². The minimum absolute atomic E-state index is 0.402. The van der Waals surface area contributed by atoms with Crippen LogP contribution in [0.4, 0.5) is 11.4 Å². The maximum atomic E-state index is 5.63. The number of hydrogen-bond acceptors (Lipinski definition) is 2. The average molecular weight is 349 g/mol. The molecule has 0 aliphatic carbocycles. The monoisotopic (exact) mass is 348 g/mol. The number of benzene rings is 2. The summed E-state index contributed by atoms with van der Waals surface area (Å²) in [5, 5.41) is 3.40. The van der Waals surface area contributed by atoms with Gasteiger partial charge in [-0.1, -0.05) is 38.2 Å². The Morgan fingerprint density at radius 2 is 1.95 bits per heavy atom. The second-order valence-corrected chi connectivity index (χ2v) is 6.26. The Kier molecular flexibility index (Phi) is 4.78. The van der Waals surface area contributed by atoms with E-state index in [1.807, 2.05) is 18.2 Å². The summed E-state index contributed by atoms with van der Waals surface area (Å²) < 4.78 is 0.942. The summed E-state index contributed by atoms with van der Waals surface area (Å²) in [6.07, 6.45) is 0. The van der Waals surface area contributed by atoms with Gasteiger partial charge in [-0.15, -0.1) is 0 Å². The van der Waals surface area contributed by atoms with Crippen molar-refractivity contribution in [3.63, 3.8) is 0 Å². The number of nitrogens with two attached hydrogens (primary N) is 1. The molecule has 0 radical (unpaired) electrons. The van der Waals surface area contributed by atoms with Crippen LogP contribution in [0, 0.1) is 0 Å². The highest BCUT2D eigenvalue weighted by molar-refractivity contribution is 9.10. The molecule has 3 N–H and O–H groups in total. The largest absolute Gasteiger partial charge is 0.389 e. The van der Waals surface area contributed by atoms with E-state index in [9.17, 15) is 0 Å². The van der Waals surface area contributed by atoms with Crippen molar-refractivity contribution in [1.29, 1.82) is 0 Å². The van der Waals surface area contributed by atoms with Gasteiger partial charge in [-0.2, -0.15) is 0 Å². The van der Waals surface area contributed by atoms with Gasteiger partial charge in [0.2, 0.25) is 0 Å². The molecule has 0 saturated heterocycles. The summed E-state index contributed by atoms with van der Waals surface area (Å²) in [7, 11) is 0. The Morgan fingerprint density at radius 1 is 1.20 bits per heavy atom. The van der Waals surface area contributed by atoms with Crippen molar-refractivity contribution in [2.24, 2.45) is 5.73 Å². The van der Waals surface area contributed by atoms with Crippen LogP contribution < -0.4 is 11.1 Å². The standard InChI is InChI=1S/C16H17BrN2S/c1-10(2)11-4-3-5-13(8-11)19-15-7-6-12(16(18)20)9-14(15)17/h3-10,19H,1-2H3,(H2,18,20). The zero-order valence-corrected chi connectivity index (χ0v) is 13.9. The molecule has 0 aromatic heterocycles. The van der Waals surface area contributed by atoms with Crippen LogP contribution in [-0.2, 0) is 0 Å². The van der Waals surface area contributed by atoms with Crippen molar-refractivity contribution >= 4 is 44.5 Å². The summed E-state index contributed by atoms with van der Waals surface area (Å²) in [5.41, 5.74) is 9.86. The lowest BCUT2D eigenvalue weighted by atomic mass is 10.0. The van der Waals surface area contributed by atoms with Gasteiger partial charge in [-0.05, 0) is 57.7 Å². The van der Waals surface area contributed by atoms with Crippen LogP contribution in [0.25, 0.3) is 0 Å². The van der Waals surface area contributed by atoms with E-state index < -0.39 is 0 Å². The number of hydrogen-bond donors (Lipinski definition) is 2. The van der Waals surface area contributed by atoms with Gasteiger partial charge in [-0.25, -0.2) is 0 Å². The molecular formula is C16H17BrN2S. The van der Waals surface area contributed by atoms with Crippen LogP contribution in [0.15, 0.2) is 46.9 Å². The van der Waals surface area contributed by atoms with Crippen molar-refractivity contribution in [3.05, 3.63) is 58.1 Å². The highest BCUT2D eigenvalue weighted by Gasteiger charge is 2.05. The first-order valence-electron chi connectivity index (χ1n) is 6.43. The molecule has 0 bridgehead atoms. The van der Waals surface area contributed by atoms with Crippen molar-refractivity contribution in [1.82, 2.24) is 0 Å². The van der Waals surface area contributed by atoms with Crippen molar-refractivity contribution in [3.8, 4) is 0 Å². The summed E-state index contributed by atoms with van der Waals surface area (Å²) in [6.45, 7) is 4.37. The Bertz CT molecular complexity index is 638. The van der Waals surface area contributed by atoms with Crippen LogP contribution in [0.5, 0.6) is 0 Å². The fourth-order valence-electron chi connectivity index (χ4n) is 1.90. The quantitative estimate of drug-likeness (QED) is 0.767. The smallest absolute Gasteiger partial charge is 0.104 e. The lowest BCUT2D eigenvalue weighted by Gasteiger charge is -2.12. The molecule has 2 aromatic rings. The Morgan fingerprint density at radius 3 is 2.55 bits per heavy atom. The molecule has 0 amide bonds. The molecule has 4 heteroatoms. The van der Waals surface area contributed by atoms with Gasteiger partial charge in [0.15, 0.2) is 0 Å². The number of anilines is 2. The molecule has 0 fully saturated rings. The normalized spacial score (nSPS) is 10.6. The van der Waals surface area contributed by atoms with Gasteiger partial charge in [0, 0.05) is 15.7 Å². The third kappa shape index (κ3) is 3.58. The predicted octanol–water partition coefficient (Wildman–Crippen LogP) is 4.95. The molecular weight excluding hydrogens is 332 g/mol. The lowest BCUT2D eigenvalue weighted by molar-refractivity contribution is 0.867. The molecule has 104 valence electrons. The molecule has 2 rings (SSSR count). The second-order valence-electron chi connectivity index (χ2n) is 4.96. The third-order valence-corrected chi connectivity index (χ3v) is 3.98. The molecule has 2 aromatic carbocycles. The molecule has 2 nitrogen and oxygen atoms in total. The molecule has 20 heavy (non-hydrogen) atoms. The minimum atomic E-state index is 0.402. The number of halogens is 1. The van der Waals surface area contributed by atoms with Crippen molar-refractivity contribution < 1.29 is 0 Å². The zero-order chi connectivity index (χ0) is 14.7. The van der Waals surface area contributed by atoms with Crippen LogP contribution in [-0.4, -0.2) is 4.99 Å². The summed E-state index contributed by atoms with van der Waals surface area (Å²) in [4.78, 5) is 0.402.